The van der Waals surface area contributed by atoms with Crippen molar-refractivity contribution in [2.45, 2.75) is 44.2 Å². The van der Waals surface area contributed by atoms with Crippen molar-refractivity contribution in [3.8, 4) is 0 Å². The van der Waals surface area contributed by atoms with E-state index in [4.69, 9.17) is 10.5 Å². The molecule has 1 fully saturated rings. The van der Waals surface area contributed by atoms with Gasteiger partial charge in [-0.3, -0.25) is 4.99 Å². The number of nitrogens with two attached hydrogens (primary N) is 1. The molecule has 1 saturated carbocycles. The van der Waals surface area contributed by atoms with Crippen LogP contribution in [-0.4, -0.2) is 25.1 Å². The van der Waals surface area contributed by atoms with Gasteiger partial charge in [0, 0.05) is 17.3 Å². The van der Waals surface area contributed by atoms with Gasteiger partial charge in [-0.25, -0.2) is 4.39 Å². The third kappa shape index (κ3) is 3.02. The molecule has 0 spiro atoms. The van der Waals surface area contributed by atoms with Crippen molar-refractivity contribution in [3.63, 3.8) is 0 Å². The van der Waals surface area contributed by atoms with Crippen LogP contribution < -0.4 is 11.1 Å². The number of aliphatic imine (C=N–C) groups is 1. The molecule has 3 rings (SSSR count). The van der Waals surface area contributed by atoms with E-state index in [1.54, 1.807) is 6.07 Å². The van der Waals surface area contributed by atoms with Crippen molar-refractivity contribution < 1.29 is 9.13 Å². The van der Waals surface area contributed by atoms with Crippen molar-refractivity contribution in [1.82, 2.24) is 0 Å². The van der Waals surface area contributed by atoms with E-state index >= 15 is 0 Å². The Morgan fingerprint density at radius 3 is 2.86 bits per heavy atom. The highest BCUT2D eigenvalue weighted by Gasteiger charge is 2.33. The molecule has 1 aliphatic heterocycles. The molecule has 21 heavy (non-hydrogen) atoms. The summed E-state index contributed by atoms with van der Waals surface area (Å²) in [5.74, 6) is 0.147. The van der Waals surface area contributed by atoms with E-state index in [9.17, 15) is 4.39 Å². The zero-order valence-corrected chi connectivity index (χ0v) is 12.4. The molecule has 1 aliphatic carbocycles. The molecule has 0 saturated heterocycles. The zero-order chi connectivity index (χ0) is 14.9. The highest BCUT2D eigenvalue weighted by Crippen LogP contribution is 2.33. The number of nitrogens with zero attached hydrogens (tertiary/aromatic N) is 1. The van der Waals surface area contributed by atoms with Gasteiger partial charge in [0.15, 0.2) is 0 Å². The second-order valence-electron chi connectivity index (χ2n) is 6.19. The van der Waals surface area contributed by atoms with Crippen LogP contribution in [0.25, 0.3) is 0 Å². The van der Waals surface area contributed by atoms with Gasteiger partial charge in [-0.1, -0.05) is 12.8 Å². The fourth-order valence-electron chi connectivity index (χ4n) is 3.21. The molecule has 114 valence electrons. The number of hydrogen-bond donors (Lipinski definition) is 2. The van der Waals surface area contributed by atoms with Gasteiger partial charge in [0.1, 0.15) is 23.8 Å². The molecule has 1 unspecified atom stereocenters. The van der Waals surface area contributed by atoms with Gasteiger partial charge in [-0.15, -0.1) is 0 Å². The van der Waals surface area contributed by atoms with E-state index in [1.165, 1.54) is 31.7 Å². The minimum Gasteiger partial charge on any atom is -0.386 e. The summed E-state index contributed by atoms with van der Waals surface area (Å²) in [7, 11) is 0. The van der Waals surface area contributed by atoms with Crippen molar-refractivity contribution >= 4 is 11.5 Å². The van der Waals surface area contributed by atoms with Crippen LogP contribution in [0, 0.1) is 5.82 Å². The summed E-state index contributed by atoms with van der Waals surface area (Å²) in [4.78, 5) is 4.42. The molecule has 0 bridgehead atoms. The Balaban J connectivity index is 1.88. The fourth-order valence-corrected chi connectivity index (χ4v) is 3.21. The molecule has 1 aromatic rings. The summed E-state index contributed by atoms with van der Waals surface area (Å²) in [5.41, 5.74) is 6.48. The lowest BCUT2D eigenvalue weighted by Gasteiger charge is -2.30. The molecule has 1 heterocycles. The number of ether oxygens (including phenoxy) is 1. The molecule has 4 nitrogen and oxygen atoms in total. The number of anilines is 1. The average molecular weight is 291 g/mol. The Morgan fingerprint density at radius 1 is 1.38 bits per heavy atom. The van der Waals surface area contributed by atoms with Crippen LogP contribution in [0.3, 0.4) is 0 Å². The molecule has 1 atom stereocenters. The number of hydrogen-bond acceptors (Lipinski definition) is 4. The first-order valence-corrected chi connectivity index (χ1v) is 7.55. The number of rotatable bonds is 3. The topological polar surface area (TPSA) is 59.6 Å². The molecule has 1 aromatic carbocycles. The van der Waals surface area contributed by atoms with E-state index in [0.29, 0.717) is 30.7 Å². The van der Waals surface area contributed by atoms with Crippen LogP contribution >= 0.6 is 0 Å². The smallest absolute Gasteiger partial charge is 0.129 e. The lowest BCUT2D eigenvalue weighted by molar-refractivity contribution is 0.104. The zero-order valence-electron chi connectivity index (χ0n) is 12.4. The number of nitrogens with one attached hydrogen (secondary N) is 1. The summed E-state index contributed by atoms with van der Waals surface area (Å²) in [6, 6.07) is 5.63. The summed E-state index contributed by atoms with van der Waals surface area (Å²) in [5, 5.41) is 3.49. The summed E-state index contributed by atoms with van der Waals surface area (Å²) in [6.45, 7) is 2.52. The number of halogens is 1. The van der Waals surface area contributed by atoms with Gasteiger partial charge in [0.2, 0.25) is 0 Å². The second kappa shape index (κ2) is 5.64. The monoisotopic (exact) mass is 291 g/mol. The van der Waals surface area contributed by atoms with Gasteiger partial charge < -0.3 is 15.8 Å². The minimum atomic E-state index is -0.750. The Morgan fingerprint density at radius 2 is 2.14 bits per heavy atom. The van der Waals surface area contributed by atoms with Crippen LogP contribution in [0.15, 0.2) is 23.2 Å². The predicted molar refractivity (Wildman–Crippen MR) is 82.1 cm³/mol. The van der Waals surface area contributed by atoms with Crippen molar-refractivity contribution in [3.05, 3.63) is 29.6 Å². The van der Waals surface area contributed by atoms with Crippen molar-refractivity contribution in [1.29, 1.82) is 0 Å². The van der Waals surface area contributed by atoms with Gasteiger partial charge in [0.05, 0.1) is 6.61 Å². The first-order chi connectivity index (χ1) is 10.1. The Hall–Kier alpha value is -1.62. The van der Waals surface area contributed by atoms with Crippen molar-refractivity contribution in [2.75, 3.05) is 18.5 Å². The third-order valence-electron chi connectivity index (χ3n) is 4.30. The molecular weight excluding hydrogens is 269 g/mol. The Kier molecular flexibility index (Phi) is 3.85. The maximum atomic E-state index is 14.2. The maximum Gasteiger partial charge on any atom is 0.129 e. The minimum absolute atomic E-state index is 0.267. The third-order valence-corrected chi connectivity index (χ3v) is 4.30. The van der Waals surface area contributed by atoms with Gasteiger partial charge in [0.25, 0.3) is 0 Å². The molecular formula is C16H22FN3O. The summed E-state index contributed by atoms with van der Waals surface area (Å²) in [6.07, 6.45) is 4.88. The van der Waals surface area contributed by atoms with Gasteiger partial charge in [-0.05, 0) is 38.0 Å². The van der Waals surface area contributed by atoms with Crippen LogP contribution in [0.2, 0.25) is 0 Å². The fraction of sp³-hybridized carbons (Fsp3) is 0.562. The van der Waals surface area contributed by atoms with Crippen LogP contribution in [0.4, 0.5) is 10.1 Å². The number of amidine groups is 1. The van der Waals surface area contributed by atoms with E-state index in [1.807, 2.05) is 13.0 Å². The van der Waals surface area contributed by atoms with E-state index in [2.05, 4.69) is 10.3 Å². The van der Waals surface area contributed by atoms with E-state index in [-0.39, 0.29) is 5.82 Å². The van der Waals surface area contributed by atoms with Crippen LogP contribution in [-0.2, 0) is 10.3 Å². The predicted octanol–water partition coefficient (Wildman–Crippen LogP) is 2.78. The lowest BCUT2D eigenvalue weighted by Crippen LogP contribution is -2.38. The Labute approximate surface area is 124 Å². The van der Waals surface area contributed by atoms with E-state index in [0.717, 1.165) is 5.69 Å². The highest BCUT2D eigenvalue weighted by atomic mass is 19.1. The first kappa shape index (κ1) is 14.3. The van der Waals surface area contributed by atoms with Crippen molar-refractivity contribution in [2.24, 2.45) is 10.7 Å². The quantitative estimate of drug-likeness (QED) is 0.900. The summed E-state index contributed by atoms with van der Waals surface area (Å²) >= 11 is 0. The largest absolute Gasteiger partial charge is 0.386 e. The molecule has 0 amide bonds. The Bertz CT molecular complexity index is 554. The number of benzene rings is 1. The maximum absolute atomic E-state index is 14.2. The lowest BCUT2D eigenvalue weighted by atomic mass is 9.91. The van der Waals surface area contributed by atoms with E-state index < -0.39 is 5.54 Å². The molecule has 0 aromatic heterocycles. The average Bonchev–Trinajstić information content (AvgIpc) is 2.93. The first-order valence-electron chi connectivity index (χ1n) is 7.55. The standard InChI is InChI=1S/C16H22FN3O/c1-16(10-21-9-15(18)20-16)13-8-12(6-7-14(13)17)19-11-4-2-3-5-11/h6-8,11,19H,2-5,9-10H2,1H3,(H2,18,20). The molecule has 2 aliphatic rings. The molecule has 3 N–H and O–H groups in total. The SMILES string of the molecule is CC1(c2cc(NC3CCCC3)ccc2F)COCC(N)=N1. The summed E-state index contributed by atoms with van der Waals surface area (Å²) < 4.78 is 19.7. The van der Waals surface area contributed by atoms with Gasteiger partial charge in [-0.2, -0.15) is 0 Å². The van der Waals surface area contributed by atoms with Crippen LogP contribution in [0.5, 0.6) is 0 Å². The molecule has 0 radical (unpaired) electrons. The van der Waals surface area contributed by atoms with Crippen LogP contribution in [0.1, 0.15) is 38.2 Å². The highest BCUT2D eigenvalue weighted by molar-refractivity contribution is 5.82. The second-order valence-corrected chi connectivity index (χ2v) is 6.19. The normalized spacial score (nSPS) is 26.7. The molecule has 5 heteroatoms. The van der Waals surface area contributed by atoms with Gasteiger partial charge >= 0.3 is 0 Å².